The Morgan fingerprint density at radius 2 is 2.35 bits per heavy atom. The molecule has 1 aromatic carbocycles. The van der Waals surface area contributed by atoms with Gasteiger partial charge in [0.1, 0.15) is 5.82 Å². The lowest BCUT2D eigenvalue weighted by Crippen LogP contribution is -2.25. The molecule has 0 bridgehead atoms. The molecule has 1 aliphatic heterocycles. The first-order valence-electron chi connectivity index (χ1n) is 6.88. The van der Waals surface area contributed by atoms with Crippen LogP contribution >= 0.6 is 11.6 Å². The van der Waals surface area contributed by atoms with Crippen molar-refractivity contribution in [1.82, 2.24) is 9.55 Å². The van der Waals surface area contributed by atoms with Crippen LogP contribution in [0.1, 0.15) is 30.7 Å². The molecule has 0 N–H and O–H groups in total. The lowest BCUT2D eigenvalue weighted by atomic mass is 10.1. The quantitative estimate of drug-likeness (QED) is 0.815. The Labute approximate surface area is 122 Å². The van der Waals surface area contributed by atoms with Gasteiger partial charge in [0.2, 0.25) is 0 Å². The molecule has 1 unspecified atom stereocenters. The number of rotatable bonds is 3. The Morgan fingerprint density at radius 1 is 1.45 bits per heavy atom. The fraction of sp³-hybridized carbons (Fsp3) is 0.467. The maximum Gasteiger partial charge on any atom is 0.124 e. The van der Waals surface area contributed by atoms with Gasteiger partial charge in [-0.05, 0) is 37.5 Å². The lowest BCUT2D eigenvalue weighted by molar-refractivity contribution is 0.00627. The van der Waals surface area contributed by atoms with Gasteiger partial charge in [-0.2, -0.15) is 5.26 Å². The van der Waals surface area contributed by atoms with E-state index in [0.29, 0.717) is 11.4 Å². The summed E-state index contributed by atoms with van der Waals surface area (Å²) in [7, 11) is 0. The minimum Gasteiger partial charge on any atom is -0.376 e. The number of halogens is 1. The molecule has 1 saturated heterocycles. The minimum absolute atomic E-state index is 0.217. The van der Waals surface area contributed by atoms with Crippen LogP contribution in [0.25, 0.3) is 11.0 Å². The molecule has 20 heavy (non-hydrogen) atoms. The molecule has 0 aliphatic carbocycles. The molecular weight excluding hydrogens is 274 g/mol. The van der Waals surface area contributed by atoms with E-state index in [9.17, 15) is 0 Å². The van der Waals surface area contributed by atoms with E-state index < -0.39 is 0 Å². The van der Waals surface area contributed by atoms with Crippen LogP contribution in [-0.2, 0) is 17.2 Å². The highest BCUT2D eigenvalue weighted by Crippen LogP contribution is 2.22. The molecule has 4 nitrogen and oxygen atoms in total. The number of hydrogen-bond acceptors (Lipinski definition) is 3. The number of benzene rings is 1. The highest BCUT2D eigenvalue weighted by molar-refractivity contribution is 6.16. The van der Waals surface area contributed by atoms with E-state index in [0.717, 1.165) is 42.9 Å². The van der Waals surface area contributed by atoms with Crippen LogP contribution in [0, 0.1) is 11.3 Å². The number of fused-ring (bicyclic) bond motifs is 1. The zero-order valence-corrected chi connectivity index (χ0v) is 11.9. The lowest BCUT2D eigenvalue weighted by Gasteiger charge is -2.23. The van der Waals surface area contributed by atoms with Crippen molar-refractivity contribution in [2.75, 3.05) is 6.61 Å². The van der Waals surface area contributed by atoms with Gasteiger partial charge in [-0.15, -0.1) is 11.6 Å². The topological polar surface area (TPSA) is 50.8 Å². The van der Waals surface area contributed by atoms with Gasteiger partial charge in [0.25, 0.3) is 0 Å². The summed E-state index contributed by atoms with van der Waals surface area (Å²) in [6.45, 7) is 1.59. The zero-order chi connectivity index (χ0) is 13.9. The molecule has 2 heterocycles. The maximum absolute atomic E-state index is 9.04. The summed E-state index contributed by atoms with van der Waals surface area (Å²) in [4.78, 5) is 4.54. The number of nitriles is 1. The second-order valence-corrected chi connectivity index (χ2v) is 5.34. The van der Waals surface area contributed by atoms with Gasteiger partial charge in [0, 0.05) is 6.61 Å². The summed E-state index contributed by atoms with van der Waals surface area (Å²) >= 11 is 6.01. The van der Waals surface area contributed by atoms with E-state index in [1.165, 1.54) is 6.42 Å². The van der Waals surface area contributed by atoms with Crippen molar-refractivity contribution >= 4 is 22.6 Å². The third kappa shape index (κ3) is 2.52. The van der Waals surface area contributed by atoms with E-state index in [4.69, 9.17) is 21.6 Å². The van der Waals surface area contributed by atoms with Gasteiger partial charge in [0.15, 0.2) is 0 Å². The van der Waals surface area contributed by atoms with Crippen LogP contribution in [0.3, 0.4) is 0 Å². The van der Waals surface area contributed by atoms with Gasteiger partial charge in [-0.1, -0.05) is 0 Å². The Hall–Kier alpha value is -1.57. The molecule has 3 rings (SSSR count). The fourth-order valence-electron chi connectivity index (χ4n) is 2.70. The predicted molar refractivity (Wildman–Crippen MR) is 77.6 cm³/mol. The van der Waals surface area contributed by atoms with Crippen molar-refractivity contribution in [3.8, 4) is 6.07 Å². The number of nitrogens with zero attached hydrogens (tertiary/aromatic N) is 3. The molecular formula is C15H16ClN3O. The average molecular weight is 290 g/mol. The van der Waals surface area contributed by atoms with Crippen molar-refractivity contribution < 1.29 is 4.74 Å². The first-order valence-corrected chi connectivity index (χ1v) is 7.42. The van der Waals surface area contributed by atoms with E-state index in [1.807, 2.05) is 12.1 Å². The molecule has 2 aromatic rings. The summed E-state index contributed by atoms with van der Waals surface area (Å²) < 4.78 is 7.90. The molecule has 0 spiro atoms. The second kappa shape index (κ2) is 5.82. The van der Waals surface area contributed by atoms with Crippen molar-refractivity contribution in [1.29, 1.82) is 5.26 Å². The van der Waals surface area contributed by atoms with Crippen LogP contribution in [0.5, 0.6) is 0 Å². The molecule has 1 atom stereocenters. The van der Waals surface area contributed by atoms with Crippen LogP contribution in [-0.4, -0.2) is 22.3 Å². The molecule has 1 aromatic heterocycles. The Bertz CT molecular complexity index is 653. The summed E-state index contributed by atoms with van der Waals surface area (Å²) in [5, 5.41) is 9.04. The van der Waals surface area contributed by atoms with Gasteiger partial charge >= 0.3 is 0 Å². The number of alkyl halides is 1. The smallest absolute Gasteiger partial charge is 0.124 e. The Morgan fingerprint density at radius 3 is 3.05 bits per heavy atom. The van der Waals surface area contributed by atoms with Gasteiger partial charge < -0.3 is 9.30 Å². The molecule has 5 heteroatoms. The van der Waals surface area contributed by atoms with Gasteiger partial charge in [0.05, 0.1) is 41.2 Å². The first-order chi connectivity index (χ1) is 9.81. The van der Waals surface area contributed by atoms with Crippen LogP contribution < -0.4 is 0 Å². The summed E-state index contributed by atoms with van der Waals surface area (Å²) in [6.07, 6.45) is 3.63. The largest absolute Gasteiger partial charge is 0.376 e. The standard InChI is InChI=1S/C15H16ClN3O/c16-8-15-18-13-5-4-11(9-17)7-14(13)19(15)10-12-3-1-2-6-20-12/h4-5,7,12H,1-3,6,8,10H2. The third-order valence-electron chi connectivity index (χ3n) is 3.74. The van der Waals surface area contributed by atoms with Crippen molar-refractivity contribution in [3.05, 3.63) is 29.6 Å². The predicted octanol–water partition coefficient (Wildman–Crippen LogP) is 3.22. The van der Waals surface area contributed by atoms with Crippen molar-refractivity contribution in [3.63, 3.8) is 0 Å². The summed E-state index contributed by atoms with van der Waals surface area (Å²) in [5.74, 6) is 1.20. The first kappa shape index (κ1) is 13.4. The van der Waals surface area contributed by atoms with Crippen LogP contribution in [0.2, 0.25) is 0 Å². The summed E-state index contributed by atoms with van der Waals surface area (Å²) in [6, 6.07) is 7.71. The number of aromatic nitrogens is 2. The molecule has 104 valence electrons. The highest BCUT2D eigenvalue weighted by atomic mass is 35.5. The van der Waals surface area contributed by atoms with Crippen LogP contribution in [0.4, 0.5) is 0 Å². The molecule has 1 fully saturated rings. The molecule has 0 amide bonds. The molecule has 0 saturated carbocycles. The number of imidazole rings is 1. The van der Waals surface area contributed by atoms with Crippen molar-refractivity contribution in [2.24, 2.45) is 0 Å². The maximum atomic E-state index is 9.04. The Kier molecular flexibility index (Phi) is 3.90. The molecule has 1 aliphatic rings. The van der Waals surface area contributed by atoms with E-state index >= 15 is 0 Å². The van der Waals surface area contributed by atoms with E-state index in [2.05, 4.69) is 15.6 Å². The molecule has 0 radical (unpaired) electrons. The normalized spacial score (nSPS) is 19.1. The van der Waals surface area contributed by atoms with Gasteiger partial charge in [-0.3, -0.25) is 0 Å². The SMILES string of the molecule is N#Cc1ccc2nc(CCl)n(CC3CCCCO3)c2c1. The van der Waals surface area contributed by atoms with Gasteiger partial charge in [-0.25, -0.2) is 4.98 Å². The average Bonchev–Trinajstić information content (AvgIpc) is 2.85. The Balaban J connectivity index is 1.99. The minimum atomic E-state index is 0.217. The fourth-order valence-corrected chi connectivity index (χ4v) is 2.91. The summed E-state index contributed by atoms with van der Waals surface area (Å²) in [5.41, 5.74) is 2.49. The van der Waals surface area contributed by atoms with Crippen LogP contribution in [0.15, 0.2) is 18.2 Å². The number of hydrogen-bond donors (Lipinski definition) is 0. The van der Waals surface area contributed by atoms with E-state index in [-0.39, 0.29) is 6.10 Å². The van der Waals surface area contributed by atoms with E-state index in [1.54, 1.807) is 6.07 Å². The number of ether oxygens (including phenoxy) is 1. The zero-order valence-electron chi connectivity index (χ0n) is 11.2. The van der Waals surface area contributed by atoms with Crippen molar-refractivity contribution in [2.45, 2.75) is 37.8 Å². The third-order valence-corrected chi connectivity index (χ3v) is 3.98. The second-order valence-electron chi connectivity index (χ2n) is 5.08. The monoisotopic (exact) mass is 289 g/mol. The highest BCUT2D eigenvalue weighted by Gasteiger charge is 2.18.